The van der Waals surface area contributed by atoms with E-state index in [4.69, 9.17) is 9.26 Å². The molecule has 44 heavy (non-hydrogen) atoms. The summed E-state index contributed by atoms with van der Waals surface area (Å²) in [7, 11) is -3.10. The number of carbonyl (C=O) groups excluding carboxylic acids is 1. The molecule has 2 rings (SSSR count). The van der Waals surface area contributed by atoms with E-state index in [1.54, 1.807) is 6.07 Å². The van der Waals surface area contributed by atoms with E-state index >= 15 is 0 Å². The fraction of sp³-hybridized carbons (Fsp3) is 0.564. The Kier molecular flexibility index (Phi) is 20.3. The zero-order valence-electron chi connectivity index (χ0n) is 27.9. The van der Waals surface area contributed by atoms with Gasteiger partial charge in [0.1, 0.15) is 11.5 Å². The van der Waals surface area contributed by atoms with Crippen molar-refractivity contribution in [2.75, 3.05) is 12.3 Å². The SMILES string of the molecule is CCCCC=Cc1cccc(OC(=O)CCP(=O)(CCCCCCCCCCCC)Oc2cccc(C=CCCCC)c2)c1. The molecule has 2 aromatic rings. The molecule has 0 saturated carbocycles. The van der Waals surface area contributed by atoms with Crippen LogP contribution in [0.1, 0.15) is 141 Å². The highest BCUT2D eigenvalue weighted by Crippen LogP contribution is 2.49. The normalized spacial score (nSPS) is 13.0. The molecule has 0 radical (unpaired) electrons. The van der Waals surface area contributed by atoms with Crippen LogP contribution in [0, 0.1) is 0 Å². The van der Waals surface area contributed by atoms with Gasteiger partial charge in [-0.25, -0.2) is 0 Å². The van der Waals surface area contributed by atoms with Gasteiger partial charge in [0.2, 0.25) is 7.37 Å². The van der Waals surface area contributed by atoms with E-state index in [1.165, 1.54) is 51.4 Å². The first kappa shape index (κ1) is 37.6. The Morgan fingerprint density at radius 2 is 1.14 bits per heavy atom. The lowest BCUT2D eigenvalue weighted by molar-refractivity contribution is -0.133. The Morgan fingerprint density at radius 3 is 1.70 bits per heavy atom. The van der Waals surface area contributed by atoms with Crippen molar-refractivity contribution in [2.45, 2.75) is 130 Å². The summed E-state index contributed by atoms with van der Waals surface area (Å²) >= 11 is 0. The number of esters is 1. The largest absolute Gasteiger partial charge is 0.443 e. The van der Waals surface area contributed by atoms with E-state index in [1.807, 2.05) is 42.5 Å². The maximum atomic E-state index is 14.2. The van der Waals surface area contributed by atoms with Gasteiger partial charge < -0.3 is 9.26 Å². The van der Waals surface area contributed by atoms with Crippen molar-refractivity contribution < 1.29 is 18.6 Å². The molecule has 0 N–H and O–H groups in total. The number of rotatable bonds is 25. The van der Waals surface area contributed by atoms with Gasteiger partial charge in [0, 0.05) is 12.3 Å². The van der Waals surface area contributed by atoms with Gasteiger partial charge >= 0.3 is 5.97 Å². The Morgan fingerprint density at radius 1 is 0.636 bits per heavy atom. The lowest BCUT2D eigenvalue weighted by Crippen LogP contribution is -2.13. The molecular formula is C39H59O4P. The number of carbonyl (C=O) groups is 1. The zero-order chi connectivity index (χ0) is 31.7. The zero-order valence-corrected chi connectivity index (χ0v) is 28.8. The van der Waals surface area contributed by atoms with Crippen molar-refractivity contribution in [2.24, 2.45) is 0 Å². The summed E-state index contributed by atoms with van der Waals surface area (Å²) in [5.74, 6) is 0.742. The third-order valence-electron chi connectivity index (χ3n) is 7.80. The van der Waals surface area contributed by atoms with Gasteiger partial charge in [0.25, 0.3) is 0 Å². The maximum Gasteiger partial charge on any atom is 0.311 e. The highest BCUT2D eigenvalue weighted by Gasteiger charge is 2.26. The van der Waals surface area contributed by atoms with Crippen molar-refractivity contribution in [3.05, 3.63) is 71.8 Å². The van der Waals surface area contributed by atoms with Gasteiger partial charge in [0.05, 0.1) is 6.42 Å². The van der Waals surface area contributed by atoms with E-state index < -0.39 is 7.37 Å². The van der Waals surface area contributed by atoms with E-state index in [0.717, 1.165) is 62.5 Å². The van der Waals surface area contributed by atoms with E-state index in [2.05, 4.69) is 45.1 Å². The fourth-order valence-electron chi connectivity index (χ4n) is 5.12. The molecule has 0 spiro atoms. The molecule has 0 saturated heterocycles. The molecule has 0 fully saturated rings. The predicted octanol–water partition coefficient (Wildman–Crippen LogP) is 12.7. The number of allylic oxidation sites excluding steroid dienone is 2. The quantitative estimate of drug-likeness (QED) is 0.0478. The van der Waals surface area contributed by atoms with Crippen molar-refractivity contribution in [3.63, 3.8) is 0 Å². The third kappa shape index (κ3) is 17.6. The molecule has 0 aromatic heterocycles. The Hall–Kier alpha value is -2.58. The molecule has 5 heteroatoms. The molecule has 0 aliphatic carbocycles. The third-order valence-corrected chi connectivity index (χ3v) is 10.2. The summed E-state index contributed by atoms with van der Waals surface area (Å²) in [6, 6.07) is 15.4. The summed E-state index contributed by atoms with van der Waals surface area (Å²) < 4.78 is 26.1. The topological polar surface area (TPSA) is 52.6 Å². The van der Waals surface area contributed by atoms with Gasteiger partial charge in [0.15, 0.2) is 0 Å². The minimum atomic E-state index is -3.10. The van der Waals surface area contributed by atoms with Gasteiger partial charge in [-0.05, 0) is 54.7 Å². The van der Waals surface area contributed by atoms with Gasteiger partial charge in [-0.2, -0.15) is 0 Å². The van der Waals surface area contributed by atoms with E-state index in [-0.39, 0.29) is 18.6 Å². The van der Waals surface area contributed by atoms with Crippen LogP contribution in [0.4, 0.5) is 0 Å². The predicted molar refractivity (Wildman–Crippen MR) is 190 cm³/mol. The summed E-state index contributed by atoms with van der Waals surface area (Å²) in [5, 5.41) is 0. The van der Waals surface area contributed by atoms with Crippen molar-refractivity contribution in [1.82, 2.24) is 0 Å². The highest BCUT2D eigenvalue weighted by atomic mass is 31.2. The highest BCUT2D eigenvalue weighted by molar-refractivity contribution is 7.59. The molecule has 2 aromatic carbocycles. The molecule has 0 aliphatic rings. The van der Waals surface area contributed by atoms with Crippen LogP contribution >= 0.6 is 7.37 Å². The average Bonchev–Trinajstić information content (AvgIpc) is 3.02. The minimum Gasteiger partial charge on any atom is -0.443 e. The fourth-order valence-corrected chi connectivity index (χ4v) is 7.25. The Labute approximate surface area is 269 Å². The van der Waals surface area contributed by atoms with Crippen LogP contribution in [-0.4, -0.2) is 18.3 Å². The van der Waals surface area contributed by atoms with Crippen LogP contribution < -0.4 is 9.26 Å². The summed E-state index contributed by atoms with van der Waals surface area (Å²) in [4.78, 5) is 12.9. The van der Waals surface area contributed by atoms with Gasteiger partial charge in [-0.3, -0.25) is 9.36 Å². The average molecular weight is 623 g/mol. The van der Waals surface area contributed by atoms with Crippen molar-refractivity contribution >= 4 is 25.5 Å². The summed E-state index contributed by atoms with van der Waals surface area (Å²) in [5.41, 5.74) is 2.04. The second kappa shape index (κ2) is 23.8. The Bertz CT molecular complexity index is 1150. The van der Waals surface area contributed by atoms with Crippen LogP contribution in [0.25, 0.3) is 12.2 Å². The maximum absolute atomic E-state index is 14.2. The number of unbranched alkanes of at least 4 members (excludes halogenated alkanes) is 13. The Balaban J connectivity index is 1.97. The van der Waals surface area contributed by atoms with Crippen LogP contribution in [0.5, 0.6) is 11.5 Å². The van der Waals surface area contributed by atoms with Crippen LogP contribution in [0.15, 0.2) is 60.7 Å². The van der Waals surface area contributed by atoms with Gasteiger partial charge in [-0.1, -0.05) is 153 Å². The van der Waals surface area contributed by atoms with E-state index in [0.29, 0.717) is 17.7 Å². The van der Waals surface area contributed by atoms with Crippen molar-refractivity contribution in [1.29, 1.82) is 0 Å². The van der Waals surface area contributed by atoms with Gasteiger partial charge in [-0.15, -0.1) is 0 Å². The number of ether oxygens (including phenoxy) is 1. The lowest BCUT2D eigenvalue weighted by Gasteiger charge is -2.20. The first-order valence-corrected chi connectivity index (χ1v) is 19.5. The van der Waals surface area contributed by atoms with Crippen LogP contribution in [0.2, 0.25) is 0 Å². The molecule has 1 atom stereocenters. The van der Waals surface area contributed by atoms with Crippen LogP contribution in [0.3, 0.4) is 0 Å². The van der Waals surface area contributed by atoms with Crippen molar-refractivity contribution in [3.8, 4) is 11.5 Å². The molecule has 0 bridgehead atoms. The standard InChI is InChI=1S/C39H59O4P/c1-4-7-10-13-14-15-16-17-18-21-31-44(41,43-38-29-23-27-36(34-38)25-20-12-9-6-3)32-30-39(40)42-37-28-22-26-35(33-37)24-19-11-8-5-2/h19-20,22-29,33-34H,4-18,21,30-32H2,1-3H3. The number of hydrogen-bond acceptors (Lipinski definition) is 4. The molecule has 0 aliphatic heterocycles. The first-order chi connectivity index (χ1) is 21.5. The second-order valence-corrected chi connectivity index (χ2v) is 14.7. The van der Waals surface area contributed by atoms with E-state index in [9.17, 15) is 9.36 Å². The molecule has 244 valence electrons. The smallest absolute Gasteiger partial charge is 0.311 e. The molecule has 0 heterocycles. The second-order valence-electron chi connectivity index (χ2n) is 12.0. The first-order valence-electron chi connectivity index (χ1n) is 17.5. The monoisotopic (exact) mass is 622 g/mol. The number of hydrogen-bond donors (Lipinski definition) is 0. The van der Waals surface area contributed by atoms with Crippen LogP contribution in [-0.2, 0) is 9.36 Å². The summed E-state index contributed by atoms with van der Waals surface area (Å²) in [6.45, 7) is 6.62. The molecule has 4 nitrogen and oxygen atoms in total. The summed E-state index contributed by atoms with van der Waals surface area (Å²) in [6.07, 6.45) is 28.1. The number of benzene rings is 2. The molecule has 1 unspecified atom stereocenters. The lowest BCUT2D eigenvalue weighted by atomic mass is 10.1. The molecule has 0 amide bonds. The molecular weight excluding hydrogens is 563 g/mol. The minimum absolute atomic E-state index is 0.0578.